The van der Waals surface area contributed by atoms with Gasteiger partial charge in [0.25, 0.3) is 0 Å². The molecule has 166 valence electrons. The molecule has 2 aromatic carbocycles. The Morgan fingerprint density at radius 3 is 2.55 bits per heavy atom. The van der Waals surface area contributed by atoms with Gasteiger partial charge in [-0.25, -0.2) is 0 Å². The maximum Gasteiger partial charge on any atom is 0.416 e. The molecule has 1 saturated carbocycles. The summed E-state index contributed by atoms with van der Waals surface area (Å²) in [4.78, 5) is 14.2. The quantitative estimate of drug-likeness (QED) is 0.600. The molecule has 0 bridgehead atoms. The van der Waals surface area contributed by atoms with Crippen LogP contribution in [0.2, 0.25) is 0 Å². The Hall–Kier alpha value is -2.70. The van der Waals surface area contributed by atoms with Gasteiger partial charge in [-0.05, 0) is 61.1 Å². The molecule has 1 atom stereocenters. The second kappa shape index (κ2) is 8.81. The molecule has 2 aliphatic rings. The van der Waals surface area contributed by atoms with E-state index in [4.69, 9.17) is 9.47 Å². The van der Waals surface area contributed by atoms with E-state index in [2.05, 4.69) is 0 Å². The number of hydrogen-bond donors (Lipinski definition) is 0. The summed E-state index contributed by atoms with van der Waals surface area (Å²) in [6, 6.07) is 10.9. The molecular weight excluding hydrogens is 407 g/mol. The average molecular weight is 433 g/mol. The highest BCUT2D eigenvalue weighted by molar-refractivity contribution is 5.79. The van der Waals surface area contributed by atoms with Gasteiger partial charge in [-0.2, -0.15) is 13.2 Å². The summed E-state index contributed by atoms with van der Waals surface area (Å²) in [6.45, 7) is 0.630. The predicted molar refractivity (Wildman–Crippen MR) is 110 cm³/mol. The first-order chi connectivity index (χ1) is 14.8. The molecular formula is C24H26F3NO3. The van der Waals surface area contributed by atoms with E-state index in [0.717, 1.165) is 43.4 Å². The topological polar surface area (TPSA) is 38.8 Å². The SMILES string of the molecule is COc1ccc([C@H]2CC(=O)N(Cc3cccc(C(F)(F)F)c3)C2)cc1OC1CCCC1. The zero-order valence-corrected chi connectivity index (χ0v) is 17.5. The Bertz CT molecular complexity index is 938. The second-order valence-electron chi connectivity index (χ2n) is 8.31. The first-order valence-corrected chi connectivity index (χ1v) is 10.6. The molecule has 1 aliphatic heterocycles. The van der Waals surface area contributed by atoms with Crippen molar-refractivity contribution in [1.29, 1.82) is 0 Å². The third-order valence-electron chi connectivity index (χ3n) is 6.10. The molecule has 0 unspecified atom stereocenters. The first kappa shape index (κ1) is 21.5. The van der Waals surface area contributed by atoms with Gasteiger partial charge in [0.05, 0.1) is 18.8 Å². The monoisotopic (exact) mass is 433 g/mol. The van der Waals surface area contributed by atoms with Gasteiger partial charge in [-0.1, -0.05) is 18.2 Å². The van der Waals surface area contributed by atoms with E-state index < -0.39 is 11.7 Å². The van der Waals surface area contributed by atoms with Crippen molar-refractivity contribution in [3.05, 3.63) is 59.2 Å². The predicted octanol–water partition coefficient (Wildman–Crippen LogP) is 5.55. The van der Waals surface area contributed by atoms with Crippen molar-refractivity contribution < 1.29 is 27.4 Å². The Morgan fingerprint density at radius 2 is 1.84 bits per heavy atom. The molecule has 1 amide bonds. The zero-order chi connectivity index (χ0) is 22.0. The number of rotatable bonds is 6. The van der Waals surface area contributed by atoms with Gasteiger partial charge in [0.15, 0.2) is 11.5 Å². The smallest absolute Gasteiger partial charge is 0.416 e. The minimum absolute atomic E-state index is 0.0323. The summed E-state index contributed by atoms with van der Waals surface area (Å²) >= 11 is 0. The highest BCUT2D eigenvalue weighted by atomic mass is 19.4. The fraction of sp³-hybridized carbons (Fsp3) is 0.458. The molecule has 0 N–H and O–H groups in total. The Kier molecular flexibility index (Phi) is 6.12. The lowest BCUT2D eigenvalue weighted by atomic mass is 9.98. The van der Waals surface area contributed by atoms with E-state index in [1.54, 1.807) is 18.1 Å². The van der Waals surface area contributed by atoms with Crippen LogP contribution >= 0.6 is 0 Å². The number of ether oxygens (including phenoxy) is 2. The molecule has 0 spiro atoms. The molecule has 0 radical (unpaired) electrons. The number of methoxy groups -OCH3 is 1. The van der Waals surface area contributed by atoms with Gasteiger partial charge in [0.2, 0.25) is 5.91 Å². The number of nitrogens with zero attached hydrogens (tertiary/aromatic N) is 1. The van der Waals surface area contributed by atoms with Crippen LogP contribution in [0.25, 0.3) is 0 Å². The summed E-state index contributed by atoms with van der Waals surface area (Å²) in [5.41, 5.74) is 0.759. The fourth-order valence-electron chi connectivity index (χ4n) is 4.44. The Labute approximate surface area is 180 Å². The maximum absolute atomic E-state index is 13.0. The zero-order valence-electron chi connectivity index (χ0n) is 17.5. The van der Waals surface area contributed by atoms with Crippen molar-refractivity contribution in [2.45, 2.75) is 56.8 Å². The van der Waals surface area contributed by atoms with Crippen LogP contribution in [0.3, 0.4) is 0 Å². The number of likely N-dealkylation sites (tertiary alicyclic amines) is 1. The minimum Gasteiger partial charge on any atom is -0.493 e. The van der Waals surface area contributed by atoms with E-state index in [1.165, 1.54) is 6.07 Å². The summed E-state index contributed by atoms with van der Waals surface area (Å²) < 4.78 is 50.6. The largest absolute Gasteiger partial charge is 0.493 e. The molecule has 31 heavy (non-hydrogen) atoms. The van der Waals surface area contributed by atoms with Crippen LogP contribution < -0.4 is 9.47 Å². The van der Waals surface area contributed by atoms with E-state index >= 15 is 0 Å². The van der Waals surface area contributed by atoms with Crippen LogP contribution in [-0.2, 0) is 17.5 Å². The van der Waals surface area contributed by atoms with Crippen LogP contribution in [0.15, 0.2) is 42.5 Å². The number of amides is 1. The molecule has 7 heteroatoms. The number of alkyl halides is 3. The van der Waals surface area contributed by atoms with Crippen molar-refractivity contribution in [2.75, 3.05) is 13.7 Å². The summed E-state index contributed by atoms with van der Waals surface area (Å²) in [7, 11) is 1.60. The van der Waals surface area contributed by atoms with Gasteiger partial charge < -0.3 is 14.4 Å². The molecule has 4 nitrogen and oxygen atoms in total. The van der Waals surface area contributed by atoms with Gasteiger partial charge in [0, 0.05) is 25.4 Å². The first-order valence-electron chi connectivity index (χ1n) is 10.6. The van der Waals surface area contributed by atoms with Gasteiger partial charge in [-0.3, -0.25) is 4.79 Å². The highest BCUT2D eigenvalue weighted by Gasteiger charge is 2.33. The van der Waals surface area contributed by atoms with Gasteiger partial charge in [-0.15, -0.1) is 0 Å². The van der Waals surface area contributed by atoms with E-state index in [0.29, 0.717) is 30.0 Å². The molecule has 4 rings (SSSR count). The maximum atomic E-state index is 13.0. The van der Waals surface area contributed by atoms with E-state index in [-0.39, 0.29) is 24.5 Å². The molecule has 1 heterocycles. The molecule has 2 aromatic rings. The summed E-state index contributed by atoms with van der Waals surface area (Å²) in [5.74, 6) is 1.27. The summed E-state index contributed by atoms with van der Waals surface area (Å²) in [6.07, 6.45) is 0.496. The van der Waals surface area contributed by atoms with Crippen LogP contribution in [0.5, 0.6) is 11.5 Å². The van der Waals surface area contributed by atoms with Crippen molar-refractivity contribution in [3.8, 4) is 11.5 Å². The lowest BCUT2D eigenvalue weighted by Crippen LogP contribution is -2.24. The molecule has 2 fully saturated rings. The second-order valence-corrected chi connectivity index (χ2v) is 8.31. The highest BCUT2D eigenvalue weighted by Crippen LogP contribution is 2.37. The number of hydrogen-bond acceptors (Lipinski definition) is 3. The van der Waals surface area contributed by atoms with Gasteiger partial charge in [0.1, 0.15) is 0 Å². The Balaban J connectivity index is 1.48. The normalized spacial score (nSPS) is 19.8. The lowest BCUT2D eigenvalue weighted by molar-refractivity contribution is -0.137. The third kappa shape index (κ3) is 4.97. The summed E-state index contributed by atoms with van der Waals surface area (Å²) in [5, 5.41) is 0. The fourth-order valence-corrected chi connectivity index (χ4v) is 4.44. The average Bonchev–Trinajstić information content (AvgIpc) is 3.37. The van der Waals surface area contributed by atoms with Crippen LogP contribution in [0, 0.1) is 0 Å². The standard InChI is InChI=1S/C24H26F3NO3/c1-30-21-10-9-17(12-22(21)31-20-7-2-3-8-20)18-13-23(29)28(15-18)14-16-5-4-6-19(11-16)24(25,26)27/h4-6,9-12,18,20H,2-3,7-8,13-15H2,1H3/t18-/m0/s1. The van der Waals surface area contributed by atoms with Crippen LogP contribution in [-0.4, -0.2) is 30.6 Å². The van der Waals surface area contributed by atoms with E-state index in [1.807, 2.05) is 18.2 Å². The Morgan fingerprint density at radius 1 is 1.06 bits per heavy atom. The van der Waals surface area contributed by atoms with Gasteiger partial charge >= 0.3 is 6.18 Å². The van der Waals surface area contributed by atoms with Crippen molar-refractivity contribution in [1.82, 2.24) is 4.90 Å². The lowest BCUT2D eigenvalue weighted by Gasteiger charge is -2.20. The van der Waals surface area contributed by atoms with Crippen LogP contribution in [0.1, 0.15) is 54.7 Å². The number of halogens is 3. The van der Waals surface area contributed by atoms with Crippen LogP contribution in [0.4, 0.5) is 13.2 Å². The van der Waals surface area contributed by atoms with Crippen molar-refractivity contribution in [2.24, 2.45) is 0 Å². The molecule has 0 aromatic heterocycles. The van der Waals surface area contributed by atoms with Crippen molar-refractivity contribution in [3.63, 3.8) is 0 Å². The molecule has 1 saturated heterocycles. The number of carbonyl (C=O) groups is 1. The van der Waals surface area contributed by atoms with Crippen molar-refractivity contribution >= 4 is 5.91 Å². The van der Waals surface area contributed by atoms with E-state index in [9.17, 15) is 18.0 Å². The minimum atomic E-state index is -4.40. The number of carbonyl (C=O) groups excluding carboxylic acids is 1. The third-order valence-corrected chi connectivity index (χ3v) is 6.10. The number of benzene rings is 2. The molecule has 1 aliphatic carbocycles.